The first-order chi connectivity index (χ1) is 14.0. The molecule has 0 spiro atoms. The maximum absolute atomic E-state index is 13.1. The Morgan fingerprint density at radius 2 is 1.81 bits per heavy atom. The number of piperazine rings is 1. The lowest BCUT2D eigenvalue weighted by Gasteiger charge is -2.36. The molecule has 3 heterocycles. The number of piperidine rings is 1. The van der Waals surface area contributed by atoms with Gasteiger partial charge in [0.2, 0.25) is 0 Å². The Hall–Kier alpha value is -2.09. The van der Waals surface area contributed by atoms with Crippen molar-refractivity contribution in [3.05, 3.63) is 63.5 Å². The highest BCUT2D eigenvalue weighted by molar-refractivity contribution is 5.95. The van der Waals surface area contributed by atoms with Gasteiger partial charge in [0.25, 0.3) is 5.91 Å². The number of rotatable bonds is 3. The van der Waals surface area contributed by atoms with Crippen LogP contribution in [0.2, 0.25) is 0 Å². The highest BCUT2D eigenvalue weighted by Gasteiger charge is 2.28. The molecule has 0 radical (unpaired) electrons. The molecule has 1 aromatic heterocycles. The molecule has 6 nitrogen and oxygen atoms in total. The van der Waals surface area contributed by atoms with Gasteiger partial charge in [0.05, 0.1) is 0 Å². The summed E-state index contributed by atoms with van der Waals surface area (Å²) in [6.45, 7) is 5.85. The molecule has 1 atom stereocenters. The van der Waals surface area contributed by atoms with Crippen LogP contribution in [0.3, 0.4) is 0 Å². The minimum atomic E-state index is -0.545. The van der Waals surface area contributed by atoms with Crippen molar-refractivity contribution in [3.63, 3.8) is 0 Å². The highest BCUT2D eigenvalue weighted by atomic mass is 35.5. The van der Waals surface area contributed by atoms with Gasteiger partial charge in [-0.3, -0.25) is 4.79 Å². The van der Waals surface area contributed by atoms with Gasteiger partial charge in [0.1, 0.15) is 17.1 Å². The van der Waals surface area contributed by atoms with Crippen LogP contribution in [0.25, 0.3) is 0 Å². The van der Waals surface area contributed by atoms with Gasteiger partial charge in [0.15, 0.2) is 0 Å². The highest BCUT2D eigenvalue weighted by Crippen LogP contribution is 2.24. The first-order valence-electron chi connectivity index (χ1n) is 10.2. The number of halogens is 3. The van der Waals surface area contributed by atoms with E-state index in [0.717, 1.165) is 31.6 Å². The van der Waals surface area contributed by atoms with Crippen molar-refractivity contribution in [1.82, 2.24) is 10.2 Å². The Bertz CT molecular complexity index is 938. The smallest absolute Gasteiger partial charge is 0.349 e. The summed E-state index contributed by atoms with van der Waals surface area (Å²) in [5, 5.41) is 3.32. The molecule has 2 aliphatic rings. The van der Waals surface area contributed by atoms with E-state index in [2.05, 4.69) is 10.2 Å². The van der Waals surface area contributed by atoms with Crippen molar-refractivity contribution < 1.29 is 13.6 Å². The zero-order valence-electron chi connectivity index (χ0n) is 17.4. The molecular weight excluding hydrogens is 444 g/mol. The van der Waals surface area contributed by atoms with E-state index in [4.69, 9.17) is 4.42 Å². The molecule has 2 aromatic rings. The quantitative estimate of drug-likeness (QED) is 0.743. The molecule has 4 rings (SSSR count). The average molecular weight is 472 g/mol. The van der Waals surface area contributed by atoms with Gasteiger partial charge in [-0.25, -0.2) is 9.18 Å². The number of aryl methyl sites for hydroxylation is 1. The Morgan fingerprint density at radius 1 is 1.13 bits per heavy atom. The van der Waals surface area contributed by atoms with Gasteiger partial charge in [-0.1, -0.05) is 0 Å². The molecule has 2 saturated heterocycles. The molecule has 170 valence electrons. The first kappa shape index (κ1) is 25.2. The third kappa shape index (κ3) is 5.59. The summed E-state index contributed by atoms with van der Waals surface area (Å²) in [6, 6.07) is 8.20. The minimum absolute atomic E-state index is 0. The Labute approximate surface area is 193 Å². The van der Waals surface area contributed by atoms with Crippen LogP contribution in [0.1, 0.15) is 40.4 Å². The number of carbonyl (C=O) groups is 1. The Balaban J connectivity index is 0.00000171. The molecule has 31 heavy (non-hydrogen) atoms. The van der Waals surface area contributed by atoms with Crippen molar-refractivity contribution in [2.45, 2.75) is 25.7 Å². The molecule has 0 saturated carbocycles. The van der Waals surface area contributed by atoms with E-state index in [1.54, 1.807) is 24.0 Å². The molecule has 9 heteroatoms. The molecular formula is C22H28Cl2FN3O3. The second kappa shape index (κ2) is 11.0. The van der Waals surface area contributed by atoms with Crippen molar-refractivity contribution in [2.75, 3.05) is 44.2 Å². The molecule has 0 bridgehead atoms. The lowest BCUT2D eigenvalue weighted by atomic mass is 9.95. The summed E-state index contributed by atoms with van der Waals surface area (Å²) in [6.07, 6.45) is 2.03. The van der Waals surface area contributed by atoms with Gasteiger partial charge in [-0.2, -0.15) is 0 Å². The summed E-state index contributed by atoms with van der Waals surface area (Å²) in [4.78, 5) is 29.4. The van der Waals surface area contributed by atoms with E-state index in [0.29, 0.717) is 37.5 Å². The molecule has 2 fully saturated rings. The molecule has 2 aliphatic heterocycles. The third-order valence-corrected chi connectivity index (χ3v) is 5.84. The molecule has 1 N–H and O–H groups in total. The van der Waals surface area contributed by atoms with Gasteiger partial charge < -0.3 is 19.5 Å². The fourth-order valence-corrected chi connectivity index (χ4v) is 4.16. The molecule has 1 aromatic carbocycles. The zero-order valence-corrected chi connectivity index (χ0v) is 19.1. The average Bonchev–Trinajstić information content (AvgIpc) is 2.74. The number of amides is 1. The van der Waals surface area contributed by atoms with E-state index in [9.17, 15) is 14.0 Å². The summed E-state index contributed by atoms with van der Waals surface area (Å²) in [5.41, 5.74) is 1.19. The van der Waals surface area contributed by atoms with Crippen LogP contribution in [0.4, 0.5) is 10.1 Å². The van der Waals surface area contributed by atoms with Crippen molar-refractivity contribution in [3.8, 4) is 0 Å². The number of hydrogen-bond donors (Lipinski definition) is 1. The van der Waals surface area contributed by atoms with E-state index in [-0.39, 0.29) is 48.0 Å². The van der Waals surface area contributed by atoms with E-state index in [1.807, 2.05) is 6.07 Å². The van der Waals surface area contributed by atoms with Crippen molar-refractivity contribution in [1.29, 1.82) is 0 Å². The zero-order chi connectivity index (χ0) is 20.4. The van der Waals surface area contributed by atoms with Crippen LogP contribution in [-0.2, 0) is 0 Å². The summed E-state index contributed by atoms with van der Waals surface area (Å²) >= 11 is 0. The van der Waals surface area contributed by atoms with Gasteiger partial charge in [-0.15, -0.1) is 24.8 Å². The second-order valence-corrected chi connectivity index (χ2v) is 7.79. The Kier molecular flexibility index (Phi) is 8.91. The largest absolute Gasteiger partial charge is 0.427 e. The normalized spacial score (nSPS) is 18.7. The Morgan fingerprint density at radius 3 is 2.39 bits per heavy atom. The van der Waals surface area contributed by atoms with Crippen LogP contribution in [0, 0.1) is 12.7 Å². The number of hydrogen-bond acceptors (Lipinski definition) is 5. The van der Waals surface area contributed by atoms with Gasteiger partial charge in [-0.05, 0) is 62.2 Å². The fourth-order valence-electron chi connectivity index (χ4n) is 4.16. The summed E-state index contributed by atoms with van der Waals surface area (Å²) in [7, 11) is 0. The minimum Gasteiger partial charge on any atom is -0.427 e. The fraction of sp³-hybridized carbons (Fsp3) is 0.455. The second-order valence-electron chi connectivity index (χ2n) is 7.79. The number of nitrogens with zero attached hydrogens (tertiary/aromatic N) is 2. The standard InChI is InChI=1S/C22H26FN3O3.2ClH/c1-15-13-19(16-3-2-8-24-14-16)29-22(28)20(15)21(27)26-11-9-25(10-12-26)18-6-4-17(23)5-7-18;;/h4-7,13,16,24H,2-3,8-12,14H2,1H3;2*1H. The lowest BCUT2D eigenvalue weighted by Crippen LogP contribution is -2.49. The molecule has 1 unspecified atom stereocenters. The molecule has 0 aliphatic carbocycles. The van der Waals surface area contributed by atoms with Gasteiger partial charge >= 0.3 is 5.63 Å². The predicted molar refractivity (Wildman–Crippen MR) is 124 cm³/mol. The number of carbonyl (C=O) groups excluding carboxylic acids is 1. The van der Waals surface area contributed by atoms with Crippen LogP contribution in [-0.4, -0.2) is 50.1 Å². The third-order valence-electron chi connectivity index (χ3n) is 5.84. The maximum Gasteiger partial charge on any atom is 0.349 e. The summed E-state index contributed by atoms with van der Waals surface area (Å²) < 4.78 is 18.7. The first-order valence-corrected chi connectivity index (χ1v) is 10.2. The monoisotopic (exact) mass is 471 g/mol. The van der Waals surface area contributed by atoms with E-state index in [1.165, 1.54) is 12.1 Å². The van der Waals surface area contributed by atoms with Crippen LogP contribution in [0.5, 0.6) is 0 Å². The summed E-state index contributed by atoms with van der Waals surface area (Å²) in [5.74, 6) is 0.302. The topological polar surface area (TPSA) is 65.8 Å². The number of benzene rings is 1. The predicted octanol–water partition coefficient (Wildman–Crippen LogP) is 3.36. The van der Waals surface area contributed by atoms with Crippen molar-refractivity contribution in [2.24, 2.45) is 0 Å². The van der Waals surface area contributed by atoms with Crippen LogP contribution < -0.4 is 15.8 Å². The van der Waals surface area contributed by atoms with E-state index >= 15 is 0 Å². The maximum atomic E-state index is 13.1. The van der Waals surface area contributed by atoms with E-state index < -0.39 is 5.63 Å². The lowest BCUT2D eigenvalue weighted by molar-refractivity contribution is 0.0740. The van der Waals surface area contributed by atoms with Crippen LogP contribution in [0.15, 0.2) is 39.5 Å². The number of nitrogens with one attached hydrogen (secondary N) is 1. The number of anilines is 1. The van der Waals surface area contributed by atoms with Gasteiger partial charge in [0, 0.05) is 44.3 Å². The van der Waals surface area contributed by atoms with Crippen molar-refractivity contribution >= 4 is 36.4 Å². The SMILES string of the molecule is Cc1cc(C2CCCNC2)oc(=O)c1C(=O)N1CCN(c2ccc(F)cc2)CC1.Cl.Cl. The molecule has 1 amide bonds. The van der Waals surface area contributed by atoms with Crippen LogP contribution >= 0.6 is 24.8 Å².